The Morgan fingerprint density at radius 2 is 1.86 bits per heavy atom. The van der Waals surface area contributed by atoms with Gasteiger partial charge in [0.05, 0.1) is 7.11 Å². The lowest BCUT2D eigenvalue weighted by molar-refractivity contribution is -0.112. The number of hydrogen-bond acceptors (Lipinski definition) is 8. The van der Waals surface area contributed by atoms with Gasteiger partial charge in [-0.25, -0.2) is 0 Å². The molecular formula is C27H30N4O4S. The smallest absolute Gasteiger partial charge is 0.268 e. The van der Waals surface area contributed by atoms with Gasteiger partial charge in [-0.2, -0.15) is 5.26 Å². The number of aromatic nitrogens is 2. The van der Waals surface area contributed by atoms with Crippen LogP contribution in [0.15, 0.2) is 42.0 Å². The number of methoxy groups -OCH3 is 1. The fraction of sp³-hybridized carbons (Fsp3) is 0.333. The summed E-state index contributed by atoms with van der Waals surface area (Å²) >= 11 is 1.28. The lowest BCUT2D eigenvalue weighted by Gasteiger charge is -2.16. The third kappa shape index (κ3) is 7.06. The van der Waals surface area contributed by atoms with Gasteiger partial charge in [0.25, 0.3) is 5.91 Å². The number of carbonyl (C=O) groups excluding carboxylic acids is 1. The Balaban J connectivity index is 1.64. The summed E-state index contributed by atoms with van der Waals surface area (Å²) < 4.78 is 17.3. The highest BCUT2D eigenvalue weighted by molar-refractivity contribution is 7.15. The van der Waals surface area contributed by atoms with Crippen molar-refractivity contribution in [2.45, 2.75) is 40.0 Å². The molecule has 1 N–H and O–H groups in total. The molecular weight excluding hydrogens is 476 g/mol. The number of carbonyl (C=O) groups is 1. The molecule has 3 rings (SSSR count). The first kappa shape index (κ1) is 26.7. The van der Waals surface area contributed by atoms with Gasteiger partial charge in [-0.05, 0) is 60.2 Å². The van der Waals surface area contributed by atoms with Crippen LogP contribution in [0.4, 0.5) is 5.13 Å². The van der Waals surface area contributed by atoms with Gasteiger partial charge in [0.1, 0.15) is 35.6 Å². The second-order valence-corrected chi connectivity index (χ2v) is 9.34. The largest absolute Gasteiger partial charge is 0.493 e. The molecule has 1 aromatic heterocycles. The fourth-order valence-electron chi connectivity index (χ4n) is 3.37. The van der Waals surface area contributed by atoms with Gasteiger partial charge in [-0.3, -0.25) is 10.1 Å². The molecule has 0 saturated carbocycles. The molecule has 0 aliphatic carbocycles. The van der Waals surface area contributed by atoms with E-state index in [1.165, 1.54) is 24.5 Å². The van der Waals surface area contributed by atoms with Crippen LogP contribution in [0.1, 0.15) is 48.4 Å². The zero-order valence-corrected chi connectivity index (χ0v) is 21.9. The quantitative estimate of drug-likeness (QED) is 0.207. The number of aryl methyl sites for hydroxylation is 2. The minimum atomic E-state index is -0.551. The average Bonchev–Trinajstić information content (AvgIpc) is 3.32. The van der Waals surface area contributed by atoms with E-state index < -0.39 is 5.91 Å². The van der Waals surface area contributed by atoms with Crippen molar-refractivity contribution in [1.82, 2.24) is 10.2 Å². The highest BCUT2D eigenvalue weighted by Crippen LogP contribution is 2.30. The molecule has 0 aliphatic rings. The molecule has 1 heterocycles. The molecule has 0 spiro atoms. The maximum atomic E-state index is 12.5. The molecule has 188 valence electrons. The Bertz CT molecular complexity index is 1280. The predicted molar refractivity (Wildman–Crippen MR) is 141 cm³/mol. The monoisotopic (exact) mass is 506 g/mol. The molecule has 8 nitrogen and oxygen atoms in total. The maximum Gasteiger partial charge on any atom is 0.268 e. The number of hydrogen-bond donors (Lipinski definition) is 1. The van der Waals surface area contributed by atoms with Gasteiger partial charge < -0.3 is 14.2 Å². The first-order chi connectivity index (χ1) is 17.3. The van der Waals surface area contributed by atoms with Gasteiger partial charge in [-0.15, -0.1) is 10.2 Å². The van der Waals surface area contributed by atoms with Crippen molar-refractivity contribution in [2.75, 3.05) is 25.6 Å². The minimum Gasteiger partial charge on any atom is -0.493 e. The SMILES string of the molecule is CCc1nnc(NC(=O)/C(C#N)=C\c2ccc(OCCOc3cc(C)ccc3C(C)C)c(OC)c2)s1. The number of benzene rings is 2. The molecule has 0 radical (unpaired) electrons. The number of nitriles is 1. The molecule has 0 fully saturated rings. The molecule has 3 aromatic rings. The standard InChI is InChI=1S/C27H30N4O4S/c1-6-25-30-31-27(36-25)29-26(32)20(16-28)14-19-8-10-22(24(15-19)33-5)34-11-12-35-23-13-18(4)7-9-21(23)17(2)3/h7-10,13-15,17H,6,11-12H2,1-5H3,(H,29,31,32)/b20-14-. The van der Waals surface area contributed by atoms with E-state index >= 15 is 0 Å². The third-order valence-corrected chi connectivity index (χ3v) is 6.23. The first-order valence-corrected chi connectivity index (χ1v) is 12.5. The number of ether oxygens (including phenoxy) is 3. The zero-order valence-electron chi connectivity index (χ0n) is 21.1. The van der Waals surface area contributed by atoms with E-state index in [1.54, 1.807) is 18.2 Å². The molecule has 9 heteroatoms. The highest BCUT2D eigenvalue weighted by Gasteiger charge is 2.14. The van der Waals surface area contributed by atoms with E-state index in [9.17, 15) is 10.1 Å². The summed E-state index contributed by atoms with van der Waals surface area (Å²) in [6, 6.07) is 13.3. The number of amides is 1. The second kappa shape index (κ2) is 12.7. The normalized spacial score (nSPS) is 11.2. The summed E-state index contributed by atoms with van der Waals surface area (Å²) in [5.74, 6) is 1.69. The van der Waals surface area contributed by atoms with E-state index in [1.807, 2.05) is 26.0 Å². The summed E-state index contributed by atoms with van der Waals surface area (Å²) in [6.07, 6.45) is 2.21. The highest BCUT2D eigenvalue weighted by atomic mass is 32.1. The van der Waals surface area contributed by atoms with Crippen LogP contribution in [0, 0.1) is 18.3 Å². The lowest BCUT2D eigenvalue weighted by atomic mass is 10.0. The number of anilines is 1. The van der Waals surface area contributed by atoms with Crippen molar-refractivity contribution in [3.05, 3.63) is 63.7 Å². The predicted octanol–water partition coefficient (Wildman–Crippen LogP) is 5.54. The van der Waals surface area contributed by atoms with Crippen molar-refractivity contribution in [3.63, 3.8) is 0 Å². The van der Waals surface area contributed by atoms with Crippen molar-refractivity contribution in [3.8, 4) is 23.3 Å². The first-order valence-electron chi connectivity index (χ1n) is 11.6. The van der Waals surface area contributed by atoms with Gasteiger partial charge >= 0.3 is 0 Å². The van der Waals surface area contributed by atoms with Gasteiger partial charge in [-0.1, -0.05) is 50.3 Å². The summed E-state index contributed by atoms with van der Waals surface area (Å²) in [5, 5.41) is 21.1. The van der Waals surface area contributed by atoms with Gasteiger partial charge in [0, 0.05) is 0 Å². The Morgan fingerprint density at radius 1 is 1.11 bits per heavy atom. The van der Waals surface area contributed by atoms with Crippen molar-refractivity contribution in [1.29, 1.82) is 5.26 Å². The summed E-state index contributed by atoms with van der Waals surface area (Å²) in [5.41, 5.74) is 2.85. The van der Waals surface area contributed by atoms with Crippen molar-refractivity contribution in [2.24, 2.45) is 0 Å². The van der Waals surface area contributed by atoms with E-state index in [4.69, 9.17) is 14.2 Å². The average molecular weight is 507 g/mol. The minimum absolute atomic E-state index is 0.0634. The molecule has 36 heavy (non-hydrogen) atoms. The summed E-state index contributed by atoms with van der Waals surface area (Å²) in [7, 11) is 1.53. The Labute approximate surface area is 215 Å². The summed E-state index contributed by atoms with van der Waals surface area (Å²) in [6.45, 7) is 8.95. The Kier molecular flexibility index (Phi) is 9.42. The molecule has 1 amide bonds. The Hall–Kier alpha value is -3.90. The number of nitrogens with zero attached hydrogens (tertiary/aromatic N) is 3. The number of rotatable bonds is 11. The van der Waals surface area contributed by atoms with Crippen LogP contribution in [-0.4, -0.2) is 36.4 Å². The van der Waals surface area contributed by atoms with Crippen molar-refractivity contribution < 1.29 is 19.0 Å². The van der Waals surface area contributed by atoms with Crippen LogP contribution in [0.2, 0.25) is 0 Å². The van der Waals surface area contributed by atoms with Gasteiger partial charge in [0.2, 0.25) is 5.13 Å². The molecule has 0 saturated heterocycles. The van der Waals surface area contributed by atoms with Crippen LogP contribution >= 0.6 is 11.3 Å². The van der Waals surface area contributed by atoms with Crippen LogP contribution in [0.3, 0.4) is 0 Å². The van der Waals surface area contributed by atoms with E-state index in [0.717, 1.165) is 28.3 Å². The Morgan fingerprint density at radius 3 is 2.50 bits per heavy atom. The van der Waals surface area contributed by atoms with Crippen molar-refractivity contribution >= 4 is 28.5 Å². The van der Waals surface area contributed by atoms with Crippen LogP contribution < -0.4 is 19.5 Å². The van der Waals surface area contributed by atoms with E-state index in [-0.39, 0.29) is 5.57 Å². The zero-order chi connectivity index (χ0) is 26.1. The van der Waals surface area contributed by atoms with E-state index in [0.29, 0.717) is 41.3 Å². The molecule has 0 bridgehead atoms. The van der Waals surface area contributed by atoms with Gasteiger partial charge in [0.15, 0.2) is 11.5 Å². The second-order valence-electron chi connectivity index (χ2n) is 8.28. The molecule has 0 unspecified atom stereocenters. The lowest BCUT2D eigenvalue weighted by Crippen LogP contribution is -2.13. The fourth-order valence-corrected chi connectivity index (χ4v) is 4.04. The van der Waals surface area contributed by atoms with Crippen LogP contribution in [-0.2, 0) is 11.2 Å². The number of nitrogens with one attached hydrogen (secondary N) is 1. The topological polar surface area (TPSA) is 106 Å². The molecule has 2 aromatic carbocycles. The van der Waals surface area contributed by atoms with E-state index in [2.05, 4.69) is 41.5 Å². The maximum absolute atomic E-state index is 12.5. The van der Waals surface area contributed by atoms with Crippen LogP contribution in [0.5, 0.6) is 17.2 Å². The summed E-state index contributed by atoms with van der Waals surface area (Å²) in [4.78, 5) is 12.5. The third-order valence-electron chi connectivity index (χ3n) is 5.24. The van der Waals surface area contributed by atoms with Crippen LogP contribution in [0.25, 0.3) is 6.08 Å². The molecule has 0 atom stereocenters. The molecule has 0 aliphatic heterocycles.